The fourth-order valence-electron chi connectivity index (χ4n) is 2.62. The number of thioether (sulfide) groups is 1. The number of rotatable bonds is 5. The zero-order chi connectivity index (χ0) is 13.7. The summed E-state index contributed by atoms with van der Waals surface area (Å²) in [6, 6.07) is 7.50. The highest BCUT2D eigenvalue weighted by molar-refractivity contribution is 8.00. The lowest BCUT2D eigenvalue weighted by Crippen LogP contribution is -2.39. The predicted octanol–water partition coefficient (Wildman–Crippen LogP) is 2.60. The van der Waals surface area contributed by atoms with Gasteiger partial charge in [-0.05, 0) is 36.8 Å². The van der Waals surface area contributed by atoms with Crippen molar-refractivity contribution in [3.63, 3.8) is 0 Å². The summed E-state index contributed by atoms with van der Waals surface area (Å²) in [5, 5.41) is 3.09. The van der Waals surface area contributed by atoms with Crippen molar-refractivity contribution in [1.29, 1.82) is 0 Å². The standard InChI is InChI=1S/C15H22N2OS/c1-19-15(8-2-3-9-15)11-17-14(18)10-12-4-6-13(16)7-5-12/h4-7H,2-3,8-11,16H2,1H3,(H,17,18). The van der Waals surface area contributed by atoms with Crippen LogP contribution in [0.2, 0.25) is 0 Å². The fourth-order valence-corrected chi connectivity index (χ4v) is 3.53. The molecule has 0 radical (unpaired) electrons. The molecule has 0 heterocycles. The first-order chi connectivity index (χ1) is 9.13. The summed E-state index contributed by atoms with van der Waals surface area (Å²) in [5.41, 5.74) is 7.37. The van der Waals surface area contributed by atoms with Crippen LogP contribution >= 0.6 is 11.8 Å². The van der Waals surface area contributed by atoms with E-state index in [0.717, 1.165) is 17.8 Å². The van der Waals surface area contributed by atoms with E-state index in [-0.39, 0.29) is 10.7 Å². The minimum Gasteiger partial charge on any atom is -0.399 e. The van der Waals surface area contributed by atoms with E-state index in [9.17, 15) is 4.79 Å². The maximum absolute atomic E-state index is 12.0. The first kappa shape index (κ1) is 14.3. The minimum absolute atomic E-state index is 0.102. The molecule has 0 bridgehead atoms. The molecular formula is C15H22N2OS. The number of nitrogen functional groups attached to an aromatic ring is 1. The smallest absolute Gasteiger partial charge is 0.224 e. The summed E-state index contributed by atoms with van der Waals surface area (Å²) in [7, 11) is 0. The number of hydrogen-bond acceptors (Lipinski definition) is 3. The predicted molar refractivity (Wildman–Crippen MR) is 82.3 cm³/mol. The molecule has 1 aliphatic rings. The molecule has 19 heavy (non-hydrogen) atoms. The normalized spacial score (nSPS) is 17.3. The van der Waals surface area contributed by atoms with Crippen molar-refractivity contribution in [3.05, 3.63) is 29.8 Å². The van der Waals surface area contributed by atoms with Gasteiger partial charge >= 0.3 is 0 Å². The topological polar surface area (TPSA) is 55.1 Å². The van der Waals surface area contributed by atoms with E-state index in [4.69, 9.17) is 5.73 Å². The Balaban J connectivity index is 1.82. The van der Waals surface area contributed by atoms with Crippen LogP contribution in [0.15, 0.2) is 24.3 Å². The molecular weight excluding hydrogens is 256 g/mol. The Bertz CT molecular complexity index is 424. The average Bonchev–Trinajstić information content (AvgIpc) is 2.89. The number of amides is 1. The maximum atomic E-state index is 12.0. The SMILES string of the molecule is CSC1(CNC(=O)Cc2ccc(N)cc2)CCCC1. The van der Waals surface area contributed by atoms with Gasteiger partial charge in [0.15, 0.2) is 0 Å². The second kappa shape index (κ2) is 6.33. The van der Waals surface area contributed by atoms with Crippen LogP contribution in [0.25, 0.3) is 0 Å². The molecule has 1 saturated carbocycles. The minimum atomic E-state index is 0.102. The van der Waals surface area contributed by atoms with Crippen LogP contribution in [0.4, 0.5) is 5.69 Å². The van der Waals surface area contributed by atoms with Gasteiger partial charge in [0, 0.05) is 17.0 Å². The highest BCUT2D eigenvalue weighted by Gasteiger charge is 2.33. The Labute approximate surface area is 119 Å². The Morgan fingerprint density at radius 2 is 1.95 bits per heavy atom. The second-order valence-electron chi connectivity index (χ2n) is 5.29. The van der Waals surface area contributed by atoms with E-state index in [1.807, 2.05) is 36.0 Å². The summed E-state index contributed by atoms with van der Waals surface area (Å²) in [5.74, 6) is 0.102. The quantitative estimate of drug-likeness (QED) is 0.814. The number of anilines is 1. The number of hydrogen-bond donors (Lipinski definition) is 2. The summed E-state index contributed by atoms with van der Waals surface area (Å²) in [6.45, 7) is 0.794. The monoisotopic (exact) mass is 278 g/mol. The van der Waals surface area contributed by atoms with E-state index in [1.165, 1.54) is 25.7 Å². The van der Waals surface area contributed by atoms with Crippen molar-refractivity contribution in [2.75, 3.05) is 18.5 Å². The van der Waals surface area contributed by atoms with Gasteiger partial charge in [-0.25, -0.2) is 0 Å². The molecule has 4 heteroatoms. The van der Waals surface area contributed by atoms with Gasteiger partial charge in [-0.3, -0.25) is 4.79 Å². The van der Waals surface area contributed by atoms with E-state index in [0.29, 0.717) is 6.42 Å². The number of carbonyl (C=O) groups excluding carboxylic acids is 1. The van der Waals surface area contributed by atoms with Gasteiger partial charge in [-0.2, -0.15) is 11.8 Å². The zero-order valence-corrected chi connectivity index (χ0v) is 12.3. The van der Waals surface area contributed by atoms with Gasteiger partial charge in [-0.1, -0.05) is 25.0 Å². The van der Waals surface area contributed by atoms with Crippen LogP contribution in [0.5, 0.6) is 0 Å². The molecule has 0 spiro atoms. The molecule has 3 N–H and O–H groups in total. The van der Waals surface area contributed by atoms with Gasteiger partial charge in [0.05, 0.1) is 6.42 Å². The Morgan fingerprint density at radius 3 is 2.53 bits per heavy atom. The molecule has 3 nitrogen and oxygen atoms in total. The molecule has 1 aromatic carbocycles. The van der Waals surface area contributed by atoms with E-state index < -0.39 is 0 Å². The van der Waals surface area contributed by atoms with Crippen LogP contribution in [-0.2, 0) is 11.2 Å². The largest absolute Gasteiger partial charge is 0.399 e. The number of nitrogens with one attached hydrogen (secondary N) is 1. The van der Waals surface area contributed by atoms with E-state index >= 15 is 0 Å². The van der Waals surface area contributed by atoms with Gasteiger partial charge in [0.2, 0.25) is 5.91 Å². The molecule has 0 atom stereocenters. The molecule has 0 saturated heterocycles. The van der Waals surface area contributed by atoms with Crippen LogP contribution < -0.4 is 11.1 Å². The van der Waals surface area contributed by atoms with Gasteiger partial charge in [0.25, 0.3) is 0 Å². The van der Waals surface area contributed by atoms with Crippen LogP contribution in [0, 0.1) is 0 Å². The third-order valence-electron chi connectivity index (χ3n) is 3.90. The first-order valence-corrected chi connectivity index (χ1v) is 8.02. The summed E-state index contributed by atoms with van der Waals surface area (Å²) in [6.07, 6.45) is 7.60. The lowest BCUT2D eigenvalue weighted by atomic mass is 10.1. The number of nitrogens with two attached hydrogens (primary N) is 1. The Morgan fingerprint density at radius 1 is 1.32 bits per heavy atom. The van der Waals surface area contributed by atoms with Gasteiger partial charge in [-0.15, -0.1) is 0 Å². The van der Waals surface area contributed by atoms with Gasteiger partial charge < -0.3 is 11.1 Å². The molecule has 104 valence electrons. The lowest BCUT2D eigenvalue weighted by molar-refractivity contribution is -0.120. The zero-order valence-electron chi connectivity index (χ0n) is 11.4. The third kappa shape index (κ3) is 3.90. The third-order valence-corrected chi connectivity index (χ3v) is 5.32. The molecule has 1 fully saturated rings. The van der Waals surface area contributed by atoms with Crippen molar-refractivity contribution in [1.82, 2.24) is 5.32 Å². The first-order valence-electron chi connectivity index (χ1n) is 6.80. The fraction of sp³-hybridized carbons (Fsp3) is 0.533. The Hall–Kier alpha value is -1.16. The lowest BCUT2D eigenvalue weighted by Gasteiger charge is -2.26. The number of carbonyl (C=O) groups is 1. The average molecular weight is 278 g/mol. The highest BCUT2D eigenvalue weighted by atomic mass is 32.2. The molecule has 0 aromatic heterocycles. The number of benzene rings is 1. The van der Waals surface area contributed by atoms with Gasteiger partial charge in [0.1, 0.15) is 0 Å². The molecule has 0 unspecified atom stereocenters. The van der Waals surface area contributed by atoms with Crippen molar-refractivity contribution >= 4 is 23.4 Å². The van der Waals surface area contributed by atoms with E-state index in [2.05, 4.69) is 11.6 Å². The molecule has 1 aliphatic carbocycles. The van der Waals surface area contributed by atoms with E-state index in [1.54, 1.807) is 0 Å². The van der Waals surface area contributed by atoms with Crippen molar-refractivity contribution in [2.24, 2.45) is 0 Å². The highest BCUT2D eigenvalue weighted by Crippen LogP contribution is 2.39. The van der Waals surface area contributed by atoms with Crippen LogP contribution in [0.1, 0.15) is 31.2 Å². The van der Waals surface area contributed by atoms with Crippen molar-refractivity contribution in [3.8, 4) is 0 Å². The maximum Gasteiger partial charge on any atom is 0.224 e. The summed E-state index contributed by atoms with van der Waals surface area (Å²) >= 11 is 1.90. The van der Waals surface area contributed by atoms with Crippen molar-refractivity contribution in [2.45, 2.75) is 36.9 Å². The molecule has 2 rings (SSSR count). The second-order valence-corrected chi connectivity index (χ2v) is 6.56. The molecule has 1 aromatic rings. The summed E-state index contributed by atoms with van der Waals surface area (Å²) < 4.78 is 0.275. The summed E-state index contributed by atoms with van der Waals surface area (Å²) in [4.78, 5) is 12.0. The van der Waals surface area contributed by atoms with Crippen LogP contribution in [-0.4, -0.2) is 23.5 Å². The van der Waals surface area contributed by atoms with Crippen LogP contribution in [0.3, 0.4) is 0 Å². The Kier molecular flexibility index (Phi) is 4.75. The molecule has 0 aliphatic heterocycles. The molecule has 1 amide bonds. The van der Waals surface area contributed by atoms with Crippen molar-refractivity contribution < 1.29 is 4.79 Å².